The molecule has 2 N–H and O–H groups in total. The third kappa shape index (κ3) is 2.39. The van der Waals surface area contributed by atoms with Crippen molar-refractivity contribution in [1.82, 2.24) is 14.8 Å². The molecule has 2 saturated heterocycles. The number of nitrogens with zero attached hydrogens (tertiary/aromatic N) is 3. The zero-order valence-electron chi connectivity index (χ0n) is 11.0. The number of anilines is 1. The number of nitrogens with two attached hydrogens (primary N) is 1. The number of fused-ring (bicyclic) bond motifs is 2. The van der Waals surface area contributed by atoms with Crippen LogP contribution in [0, 0.1) is 0 Å². The van der Waals surface area contributed by atoms with E-state index in [1.165, 1.54) is 43.8 Å². The number of nitrogen functional groups attached to an aromatic ring is 1. The lowest BCUT2D eigenvalue weighted by atomic mass is 10.1. The molecule has 3 rings (SSSR count). The van der Waals surface area contributed by atoms with Crippen LogP contribution < -0.4 is 5.73 Å². The molecular formula is C13H22N4S. The monoisotopic (exact) mass is 266 g/mol. The van der Waals surface area contributed by atoms with E-state index in [1.54, 1.807) is 11.3 Å². The van der Waals surface area contributed by atoms with Crippen LogP contribution in [0.5, 0.6) is 0 Å². The molecule has 2 unspecified atom stereocenters. The highest BCUT2D eigenvalue weighted by molar-refractivity contribution is 7.15. The fourth-order valence-electron chi connectivity index (χ4n) is 3.36. The third-order valence-electron chi connectivity index (χ3n) is 4.38. The van der Waals surface area contributed by atoms with E-state index in [0.29, 0.717) is 5.13 Å². The van der Waals surface area contributed by atoms with Gasteiger partial charge in [0.2, 0.25) is 0 Å². The lowest BCUT2D eigenvalue weighted by Gasteiger charge is -2.27. The Labute approximate surface area is 113 Å². The van der Waals surface area contributed by atoms with Crippen LogP contribution >= 0.6 is 11.3 Å². The van der Waals surface area contributed by atoms with Crippen molar-refractivity contribution in [2.45, 2.75) is 44.8 Å². The van der Waals surface area contributed by atoms with Crippen molar-refractivity contribution in [3.05, 3.63) is 11.1 Å². The number of hydrogen-bond acceptors (Lipinski definition) is 5. The van der Waals surface area contributed by atoms with Crippen molar-refractivity contribution in [2.24, 2.45) is 0 Å². The van der Waals surface area contributed by atoms with Crippen LogP contribution in [0.1, 0.15) is 31.1 Å². The molecule has 100 valence electrons. The van der Waals surface area contributed by atoms with Crippen LogP contribution in [0.15, 0.2) is 6.20 Å². The zero-order valence-corrected chi connectivity index (χ0v) is 11.8. The number of rotatable bonds is 3. The van der Waals surface area contributed by atoms with E-state index >= 15 is 0 Å². The summed E-state index contributed by atoms with van der Waals surface area (Å²) in [4.78, 5) is 10.8. The van der Waals surface area contributed by atoms with Crippen LogP contribution in [0.3, 0.4) is 0 Å². The van der Waals surface area contributed by atoms with Crippen LogP contribution in [-0.4, -0.2) is 46.5 Å². The van der Waals surface area contributed by atoms with Crippen molar-refractivity contribution < 1.29 is 0 Å². The summed E-state index contributed by atoms with van der Waals surface area (Å²) < 4.78 is 0. The number of likely N-dealkylation sites (N-methyl/N-ethyl adjacent to an activating group) is 1. The van der Waals surface area contributed by atoms with Gasteiger partial charge in [-0.15, -0.1) is 11.3 Å². The predicted octanol–water partition coefficient (Wildman–Crippen LogP) is 1.78. The number of likely N-dealkylation sites (tertiary alicyclic amines) is 1. The standard InChI is InChI=1S/C13H22N4S/c1-2-16-6-5-10-3-4-11(8-16)17(10)9-12-7-15-13(14)18-12/h7,10-11H,2-6,8-9H2,1H3,(H2,14,15). The Hall–Kier alpha value is -0.650. The first-order chi connectivity index (χ1) is 8.76. The fourth-order valence-corrected chi connectivity index (χ4v) is 4.06. The summed E-state index contributed by atoms with van der Waals surface area (Å²) in [6.07, 6.45) is 5.99. The minimum absolute atomic E-state index is 0.697. The summed E-state index contributed by atoms with van der Waals surface area (Å²) in [5.74, 6) is 0. The van der Waals surface area contributed by atoms with Crippen molar-refractivity contribution in [2.75, 3.05) is 25.4 Å². The lowest BCUT2D eigenvalue weighted by molar-refractivity contribution is 0.180. The Morgan fingerprint density at radius 2 is 2.22 bits per heavy atom. The summed E-state index contributed by atoms with van der Waals surface area (Å²) >= 11 is 1.64. The van der Waals surface area contributed by atoms with E-state index < -0.39 is 0 Å². The van der Waals surface area contributed by atoms with E-state index in [9.17, 15) is 0 Å². The average Bonchev–Trinajstić information content (AvgIpc) is 2.85. The highest BCUT2D eigenvalue weighted by Gasteiger charge is 2.36. The number of thiazole rings is 1. The maximum Gasteiger partial charge on any atom is 0.180 e. The molecule has 1 aromatic rings. The van der Waals surface area contributed by atoms with Gasteiger partial charge < -0.3 is 10.6 Å². The molecule has 4 nitrogen and oxygen atoms in total. The zero-order chi connectivity index (χ0) is 12.5. The molecule has 0 aromatic carbocycles. The van der Waals surface area contributed by atoms with Gasteiger partial charge in [0.25, 0.3) is 0 Å². The molecule has 5 heteroatoms. The molecule has 3 heterocycles. The van der Waals surface area contributed by atoms with Crippen LogP contribution in [0.2, 0.25) is 0 Å². The summed E-state index contributed by atoms with van der Waals surface area (Å²) in [6.45, 7) is 7.00. The normalized spacial score (nSPS) is 29.6. The van der Waals surface area contributed by atoms with Crippen LogP contribution in [0.4, 0.5) is 5.13 Å². The molecule has 2 fully saturated rings. The van der Waals surface area contributed by atoms with Gasteiger partial charge in [0, 0.05) is 36.2 Å². The van der Waals surface area contributed by atoms with E-state index in [1.807, 2.05) is 6.20 Å². The molecule has 2 atom stereocenters. The maximum atomic E-state index is 5.72. The molecule has 0 saturated carbocycles. The number of aromatic nitrogens is 1. The minimum atomic E-state index is 0.697. The number of hydrogen-bond donors (Lipinski definition) is 1. The van der Waals surface area contributed by atoms with E-state index in [2.05, 4.69) is 21.7 Å². The van der Waals surface area contributed by atoms with Crippen LogP contribution in [-0.2, 0) is 6.54 Å². The third-order valence-corrected chi connectivity index (χ3v) is 5.19. The molecular weight excluding hydrogens is 244 g/mol. The van der Waals surface area contributed by atoms with Gasteiger partial charge in [0.1, 0.15) is 0 Å². The van der Waals surface area contributed by atoms with Gasteiger partial charge in [0.05, 0.1) is 0 Å². The minimum Gasteiger partial charge on any atom is -0.375 e. The fraction of sp³-hybridized carbons (Fsp3) is 0.769. The molecule has 1 aromatic heterocycles. The van der Waals surface area contributed by atoms with E-state index in [4.69, 9.17) is 5.73 Å². The first-order valence-corrected chi connectivity index (χ1v) is 7.76. The summed E-state index contributed by atoms with van der Waals surface area (Å²) in [6, 6.07) is 1.51. The quantitative estimate of drug-likeness (QED) is 0.906. The van der Waals surface area contributed by atoms with E-state index in [-0.39, 0.29) is 0 Å². The van der Waals surface area contributed by atoms with Gasteiger partial charge in [0.15, 0.2) is 5.13 Å². The first kappa shape index (κ1) is 12.4. The van der Waals surface area contributed by atoms with Crippen molar-refractivity contribution in [3.63, 3.8) is 0 Å². The molecule has 2 aliphatic rings. The second kappa shape index (κ2) is 5.15. The molecule has 2 aliphatic heterocycles. The average molecular weight is 266 g/mol. The first-order valence-electron chi connectivity index (χ1n) is 6.94. The van der Waals surface area contributed by atoms with Gasteiger partial charge in [-0.2, -0.15) is 0 Å². The molecule has 0 aliphatic carbocycles. The van der Waals surface area contributed by atoms with Gasteiger partial charge in [-0.25, -0.2) is 4.98 Å². The van der Waals surface area contributed by atoms with Crippen molar-refractivity contribution >= 4 is 16.5 Å². The predicted molar refractivity (Wildman–Crippen MR) is 75.6 cm³/mol. The van der Waals surface area contributed by atoms with Crippen molar-refractivity contribution in [1.29, 1.82) is 0 Å². The molecule has 0 spiro atoms. The molecule has 0 radical (unpaired) electrons. The second-order valence-electron chi connectivity index (χ2n) is 5.40. The lowest BCUT2D eigenvalue weighted by Crippen LogP contribution is -2.38. The molecule has 18 heavy (non-hydrogen) atoms. The van der Waals surface area contributed by atoms with E-state index in [0.717, 1.165) is 18.6 Å². The Kier molecular flexibility index (Phi) is 3.54. The Balaban J connectivity index is 1.71. The Morgan fingerprint density at radius 1 is 1.39 bits per heavy atom. The molecule has 2 bridgehead atoms. The SMILES string of the molecule is CCN1CCC2CCC(C1)N2Cc1cnc(N)s1. The Morgan fingerprint density at radius 3 is 2.94 bits per heavy atom. The highest BCUT2D eigenvalue weighted by atomic mass is 32.1. The van der Waals surface area contributed by atoms with Gasteiger partial charge in [-0.05, 0) is 32.4 Å². The largest absolute Gasteiger partial charge is 0.375 e. The molecule has 0 amide bonds. The topological polar surface area (TPSA) is 45.4 Å². The highest BCUT2D eigenvalue weighted by Crippen LogP contribution is 2.32. The van der Waals surface area contributed by atoms with Gasteiger partial charge in [-0.3, -0.25) is 4.90 Å². The van der Waals surface area contributed by atoms with Crippen molar-refractivity contribution in [3.8, 4) is 0 Å². The maximum absolute atomic E-state index is 5.72. The Bertz CT molecular complexity index is 405. The van der Waals surface area contributed by atoms with Gasteiger partial charge in [-0.1, -0.05) is 6.92 Å². The smallest absolute Gasteiger partial charge is 0.180 e. The summed E-state index contributed by atoms with van der Waals surface area (Å²) in [7, 11) is 0. The van der Waals surface area contributed by atoms with Gasteiger partial charge >= 0.3 is 0 Å². The second-order valence-corrected chi connectivity index (χ2v) is 6.55. The van der Waals surface area contributed by atoms with Crippen LogP contribution in [0.25, 0.3) is 0 Å². The summed E-state index contributed by atoms with van der Waals surface area (Å²) in [5, 5.41) is 0.697. The summed E-state index contributed by atoms with van der Waals surface area (Å²) in [5.41, 5.74) is 5.72.